The first-order valence-corrected chi connectivity index (χ1v) is 11.2. The van der Waals surface area contributed by atoms with Gasteiger partial charge in [0, 0.05) is 27.7 Å². The third-order valence-electron chi connectivity index (χ3n) is 5.01. The fourth-order valence-corrected chi connectivity index (χ4v) is 3.67. The van der Waals surface area contributed by atoms with Crippen molar-refractivity contribution >= 4 is 46.6 Å². The standard InChI is InChI=1S/C23H27Cl3N2O2/c1-4-15(3)27-23(30)21(5-2)28(14-17-8-11-19(25)13-20(17)26)22(29)12-16-6-9-18(24)10-7-16/h6-11,13,15,21H,4-5,12,14H2,1-3H3,(H,27,30)/t15-,21-/m0/s1. The molecule has 0 spiro atoms. The van der Waals surface area contributed by atoms with Gasteiger partial charge in [-0.15, -0.1) is 0 Å². The van der Waals surface area contributed by atoms with Crippen LogP contribution in [0.25, 0.3) is 0 Å². The summed E-state index contributed by atoms with van der Waals surface area (Å²) in [6.45, 7) is 6.06. The van der Waals surface area contributed by atoms with Crippen molar-refractivity contribution in [2.45, 2.75) is 58.7 Å². The molecule has 4 nitrogen and oxygen atoms in total. The number of hydrogen-bond acceptors (Lipinski definition) is 2. The van der Waals surface area contributed by atoms with Crippen LogP contribution in [0.3, 0.4) is 0 Å². The summed E-state index contributed by atoms with van der Waals surface area (Å²) in [7, 11) is 0. The minimum Gasteiger partial charge on any atom is -0.352 e. The number of amides is 2. The van der Waals surface area contributed by atoms with Gasteiger partial charge in [0.25, 0.3) is 0 Å². The van der Waals surface area contributed by atoms with Crippen molar-refractivity contribution < 1.29 is 9.59 Å². The molecule has 0 heterocycles. The summed E-state index contributed by atoms with van der Waals surface area (Å²) in [5.41, 5.74) is 1.56. The highest BCUT2D eigenvalue weighted by Crippen LogP contribution is 2.24. The summed E-state index contributed by atoms with van der Waals surface area (Å²) in [6.07, 6.45) is 1.46. The second kappa shape index (κ2) is 11.6. The average Bonchev–Trinajstić information content (AvgIpc) is 2.70. The topological polar surface area (TPSA) is 49.4 Å². The van der Waals surface area contributed by atoms with E-state index in [0.29, 0.717) is 21.5 Å². The summed E-state index contributed by atoms with van der Waals surface area (Å²) in [5, 5.41) is 4.58. The fourth-order valence-electron chi connectivity index (χ4n) is 3.07. The van der Waals surface area contributed by atoms with E-state index in [9.17, 15) is 9.59 Å². The van der Waals surface area contributed by atoms with Crippen molar-refractivity contribution in [2.75, 3.05) is 0 Å². The van der Waals surface area contributed by atoms with Gasteiger partial charge in [0.05, 0.1) is 6.42 Å². The van der Waals surface area contributed by atoms with Gasteiger partial charge >= 0.3 is 0 Å². The maximum Gasteiger partial charge on any atom is 0.243 e. The van der Waals surface area contributed by atoms with Crippen LogP contribution < -0.4 is 5.32 Å². The van der Waals surface area contributed by atoms with Crippen molar-refractivity contribution in [3.8, 4) is 0 Å². The summed E-state index contributed by atoms with van der Waals surface area (Å²) in [4.78, 5) is 27.8. The van der Waals surface area contributed by atoms with E-state index in [1.165, 1.54) is 0 Å². The van der Waals surface area contributed by atoms with E-state index in [1.807, 2.05) is 32.9 Å². The van der Waals surface area contributed by atoms with Gasteiger partial charge in [0.2, 0.25) is 11.8 Å². The maximum absolute atomic E-state index is 13.3. The van der Waals surface area contributed by atoms with Crippen LogP contribution in [0.2, 0.25) is 15.1 Å². The van der Waals surface area contributed by atoms with Gasteiger partial charge in [-0.2, -0.15) is 0 Å². The highest BCUT2D eigenvalue weighted by molar-refractivity contribution is 6.35. The molecule has 0 aromatic heterocycles. The van der Waals surface area contributed by atoms with E-state index in [0.717, 1.165) is 17.5 Å². The van der Waals surface area contributed by atoms with Gasteiger partial charge in [-0.05, 0) is 55.2 Å². The number of carbonyl (C=O) groups excluding carboxylic acids is 2. The first-order valence-electron chi connectivity index (χ1n) is 10.0. The molecule has 0 unspecified atom stereocenters. The lowest BCUT2D eigenvalue weighted by molar-refractivity contribution is -0.141. The normalized spacial score (nSPS) is 12.9. The van der Waals surface area contributed by atoms with Gasteiger partial charge in [-0.1, -0.05) is 66.8 Å². The van der Waals surface area contributed by atoms with Crippen molar-refractivity contribution in [3.05, 3.63) is 68.7 Å². The van der Waals surface area contributed by atoms with Crippen LogP contribution in [0, 0.1) is 0 Å². The Bertz CT molecular complexity index is 871. The molecule has 0 fully saturated rings. The Balaban J connectivity index is 2.32. The largest absolute Gasteiger partial charge is 0.352 e. The molecule has 0 bridgehead atoms. The van der Waals surface area contributed by atoms with Crippen LogP contribution in [0.15, 0.2) is 42.5 Å². The fraction of sp³-hybridized carbons (Fsp3) is 0.391. The number of nitrogens with zero attached hydrogens (tertiary/aromatic N) is 1. The van der Waals surface area contributed by atoms with Crippen LogP contribution in [0.4, 0.5) is 0 Å². The number of halogens is 3. The maximum atomic E-state index is 13.3. The predicted octanol–water partition coefficient (Wildman–Crippen LogP) is 5.91. The monoisotopic (exact) mass is 468 g/mol. The van der Waals surface area contributed by atoms with Crippen LogP contribution >= 0.6 is 34.8 Å². The van der Waals surface area contributed by atoms with E-state index in [4.69, 9.17) is 34.8 Å². The Morgan fingerprint density at radius 1 is 0.967 bits per heavy atom. The summed E-state index contributed by atoms with van der Waals surface area (Å²) >= 11 is 18.3. The molecule has 7 heteroatoms. The molecule has 30 heavy (non-hydrogen) atoms. The second-order valence-corrected chi connectivity index (χ2v) is 8.58. The molecule has 0 saturated carbocycles. The molecule has 0 radical (unpaired) electrons. The van der Waals surface area contributed by atoms with E-state index in [-0.39, 0.29) is 30.8 Å². The molecular formula is C23H27Cl3N2O2. The van der Waals surface area contributed by atoms with Crippen molar-refractivity contribution in [1.82, 2.24) is 10.2 Å². The number of rotatable bonds is 9. The summed E-state index contributed by atoms with van der Waals surface area (Å²) < 4.78 is 0. The summed E-state index contributed by atoms with van der Waals surface area (Å²) in [6, 6.07) is 11.7. The molecule has 2 aromatic carbocycles. The predicted molar refractivity (Wildman–Crippen MR) is 124 cm³/mol. The quantitative estimate of drug-likeness (QED) is 0.496. The average molecular weight is 470 g/mol. The van der Waals surface area contributed by atoms with Gasteiger partial charge in [0.1, 0.15) is 6.04 Å². The Labute approximate surface area is 193 Å². The third-order valence-corrected chi connectivity index (χ3v) is 5.85. The van der Waals surface area contributed by atoms with Gasteiger partial charge < -0.3 is 10.2 Å². The molecule has 2 rings (SSSR count). The minimum atomic E-state index is -0.606. The third kappa shape index (κ3) is 6.90. The van der Waals surface area contributed by atoms with E-state index >= 15 is 0 Å². The number of benzene rings is 2. The number of nitrogens with one attached hydrogen (secondary N) is 1. The highest BCUT2D eigenvalue weighted by atomic mass is 35.5. The van der Waals surface area contributed by atoms with Crippen LogP contribution in [0.5, 0.6) is 0 Å². The molecular weight excluding hydrogens is 443 g/mol. The number of hydrogen-bond donors (Lipinski definition) is 1. The first-order chi connectivity index (χ1) is 14.2. The SMILES string of the molecule is CC[C@H](C)NC(=O)[C@H](CC)N(Cc1ccc(Cl)cc1Cl)C(=O)Cc1ccc(Cl)cc1. The smallest absolute Gasteiger partial charge is 0.243 e. The molecule has 0 saturated heterocycles. The Morgan fingerprint density at radius 2 is 1.60 bits per heavy atom. The lowest BCUT2D eigenvalue weighted by Gasteiger charge is -2.32. The zero-order valence-electron chi connectivity index (χ0n) is 17.4. The second-order valence-electron chi connectivity index (χ2n) is 7.30. The zero-order valence-corrected chi connectivity index (χ0v) is 19.7. The summed E-state index contributed by atoms with van der Waals surface area (Å²) in [5.74, 6) is -0.323. The lowest BCUT2D eigenvalue weighted by atomic mass is 10.1. The molecule has 1 N–H and O–H groups in total. The van der Waals surface area contributed by atoms with Gasteiger partial charge in [-0.25, -0.2) is 0 Å². The highest BCUT2D eigenvalue weighted by Gasteiger charge is 2.29. The Hall–Kier alpha value is -1.75. The Morgan fingerprint density at radius 3 is 2.17 bits per heavy atom. The van der Waals surface area contributed by atoms with Crippen molar-refractivity contribution in [2.24, 2.45) is 0 Å². The molecule has 2 aromatic rings. The molecule has 0 aliphatic rings. The zero-order chi connectivity index (χ0) is 22.3. The molecule has 0 aliphatic heterocycles. The van der Waals surface area contributed by atoms with Crippen molar-refractivity contribution in [1.29, 1.82) is 0 Å². The van der Waals surface area contributed by atoms with E-state index in [1.54, 1.807) is 35.2 Å². The molecule has 0 aliphatic carbocycles. The van der Waals surface area contributed by atoms with Gasteiger partial charge in [-0.3, -0.25) is 9.59 Å². The van der Waals surface area contributed by atoms with E-state index in [2.05, 4.69) is 5.32 Å². The number of carbonyl (C=O) groups is 2. The van der Waals surface area contributed by atoms with Crippen LogP contribution in [-0.2, 0) is 22.6 Å². The van der Waals surface area contributed by atoms with Gasteiger partial charge in [0.15, 0.2) is 0 Å². The first kappa shape index (κ1) is 24.5. The van der Waals surface area contributed by atoms with Crippen molar-refractivity contribution in [3.63, 3.8) is 0 Å². The molecule has 2 atom stereocenters. The van der Waals surface area contributed by atoms with Crippen LogP contribution in [0.1, 0.15) is 44.7 Å². The molecule has 2 amide bonds. The van der Waals surface area contributed by atoms with Crippen LogP contribution in [-0.4, -0.2) is 28.8 Å². The molecule has 162 valence electrons. The van der Waals surface area contributed by atoms with E-state index < -0.39 is 6.04 Å². The lowest BCUT2D eigenvalue weighted by Crippen LogP contribution is -2.51. The Kier molecular flexibility index (Phi) is 9.47. The minimum absolute atomic E-state index is 0.0267.